The number of carbonyl (C=O) groups is 2. The minimum absolute atomic E-state index is 0.0128. The first-order valence-electron chi connectivity index (χ1n) is 14.5. The van der Waals surface area contributed by atoms with E-state index in [1.54, 1.807) is 42.5 Å². The van der Waals surface area contributed by atoms with Crippen LogP contribution in [0.2, 0.25) is 0 Å². The van der Waals surface area contributed by atoms with E-state index in [0.717, 1.165) is 21.0 Å². The van der Waals surface area contributed by atoms with Crippen LogP contribution in [0, 0.1) is 6.92 Å². The molecule has 2 amide bonds. The van der Waals surface area contributed by atoms with E-state index < -0.39 is 28.5 Å². The third kappa shape index (κ3) is 8.05. The van der Waals surface area contributed by atoms with Crippen molar-refractivity contribution in [1.82, 2.24) is 10.2 Å². The molecule has 1 atom stereocenters. The molecule has 0 heterocycles. The van der Waals surface area contributed by atoms with Gasteiger partial charge in [0.2, 0.25) is 11.8 Å². The van der Waals surface area contributed by atoms with E-state index in [1.807, 2.05) is 75.4 Å². The van der Waals surface area contributed by atoms with Crippen molar-refractivity contribution in [2.45, 2.75) is 50.7 Å². The monoisotopic (exact) mass is 613 g/mol. The van der Waals surface area contributed by atoms with Crippen LogP contribution in [-0.4, -0.2) is 50.9 Å². The van der Waals surface area contributed by atoms with Gasteiger partial charge in [-0.1, -0.05) is 72.8 Å². The molecule has 0 aliphatic carbocycles. The fourth-order valence-electron chi connectivity index (χ4n) is 4.90. The van der Waals surface area contributed by atoms with Crippen LogP contribution in [0.15, 0.2) is 114 Å². The molecule has 0 bridgehead atoms. The Bertz CT molecular complexity index is 1640. The summed E-state index contributed by atoms with van der Waals surface area (Å²) in [6.45, 7) is 5.29. The molecule has 0 aromatic heterocycles. The van der Waals surface area contributed by atoms with E-state index in [4.69, 9.17) is 4.74 Å². The molecule has 9 heteroatoms. The number of nitrogens with one attached hydrogen (secondary N) is 1. The van der Waals surface area contributed by atoms with Crippen molar-refractivity contribution >= 4 is 27.5 Å². The van der Waals surface area contributed by atoms with Gasteiger partial charge < -0.3 is 15.0 Å². The molecular weight excluding hydrogens is 574 g/mol. The molecule has 0 aliphatic rings. The number of amides is 2. The van der Waals surface area contributed by atoms with Gasteiger partial charge in [0.25, 0.3) is 10.0 Å². The number of anilines is 1. The Balaban J connectivity index is 1.79. The van der Waals surface area contributed by atoms with Crippen molar-refractivity contribution in [3.63, 3.8) is 0 Å². The smallest absolute Gasteiger partial charge is 0.264 e. The molecule has 0 fully saturated rings. The number of methoxy groups -OCH3 is 1. The lowest BCUT2D eigenvalue weighted by atomic mass is 10.0. The maximum Gasteiger partial charge on any atom is 0.264 e. The van der Waals surface area contributed by atoms with Gasteiger partial charge in [-0.05, 0) is 73.9 Å². The molecule has 8 nitrogen and oxygen atoms in total. The van der Waals surface area contributed by atoms with Crippen molar-refractivity contribution in [3.8, 4) is 5.75 Å². The highest BCUT2D eigenvalue weighted by atomic mass is 32.2. The molecule has 0 radical (unpaired) electrons. The largest absolute Gasteiger partial charge is 0.497 e. The highest BCUT2D eigenvalue weighted by molar-refractivity contribution is 7.92. The van der Waals surface area contributed by atoms with Gasteiger partial charge in [-0.3, -0.25) is 13.9 Å². The van der Waals surface area contributed by atoms with Crippen LogP contribution >= 0.6 is 0 Å². The molecule has 44 heavy (non-hydrogen) atoms. The van der Waals surface area contributed by atoms with E-state index >= 15 is 0 Å². The van der Waals surface area contributed by atoms with Crippen LogP contribution < -0.4 is 14.4 Å². The van der Waals surface area contributed by atoms with Crippen LogP contribution in [0.25, 0.3) is 0 Å². The quantitative estimate of drug-likeness (QED) is 0.219. The molecule has 1 N–H and O–H groups in total. The Kier molecular flexibility index (Phi) is 10.8. The fraction of sp³-hybridized carbons (Fsp3) is 0.257. The van der Waals surface area contributed by atoms with Crippen molar-refractivity contribution in [3.05, 3.63) is 126 Å². The summed E-state index contributed by atoms with van der Waals surface area (Å²) in [4.78, 5) is 29.7. The summed E-state index contributed by atoms with van der Waals surface area (Å²) >= 11 is 0. The number of nitrogens with zero attached hydrogens (tertiary/aromatic N) is 2. The maximum atomic E-state index is 14.5. The van der Waals surface area contributed by atoms with Gasteiger partial charge >= 0.3 is 0 Å². The van der Waals surface area contributed by atoms with Gasteiger partial charge in [0, 0.05) is 19.0 Å². The predicted molar refractivity (Wildman–Crippen MR) is 173 cm³/mol. The van der Waals surface area contributed by atoms with E-state index in [-0.39, 0.29) is 29.8 Å². The summed E-state index contributed by atoms with van der Waals surface area (Å²) in [5, 5.41) is 2.97. The van der Waals surface area contributed by atoms with E-state index in [9.17, 15) is 18.0 Å². The van der Waals surface area contributed by atoms with Gasteiger partial charge in [0.05, 0.1) is 17.7 Å². The zero-order valence-electron chi connectivity index (χ0n) is 25.5. The van der Waals surface area contributed by atoms with Gasteiger partial charge in [0.15, 0.2) is 0 Å². The maximum absolute atomic E-state index is 14.5. The number of aryl methyl sites for hydroxylation is 1. The van der Waals surface area contributed by atoms with Crippen LogP contribution in [0.1, 0.15) is 30.5 Å². The second-order valence-corrected chi connectivity index (χ2v) is 12.7. The van der Waals surface area contributed by atoms with Crippen LogP contribution in [-0.2, 0) is 32.6 Å². The first-order valence-corrected chi connectivity index (χ1v) is 15.9. The van der Waals surface area contributed by atoms with Crippen LogP contribution in [0.5, 0.6) is 5.75 Å². The molecule has 0 spiro atoms. The van der Waals surface area contributed by atoms with Crippen molar-refractivity contribution < 1.29 is 22.7 Å². The highest BCUT2D eigenvalue weighted by Crippen LogP contribution is 2.26. The van der Waals surface area contributed by atoms with E-state index in [1.165, 1.54) is 24.1 Å². The van der Waals surface area contributed by atoms with Crippen LogP contribution in [0.4, 0.5) is 5.69 Å². The third-order valence-corrected chi connectivity index (χ3v) is 9.06. The average molecular weight is 614 g/mol. The minimum Gasteiger partial charge on any atom is -0.497 e. The first-order chi connectivity index (χ1) is 21.1. The molecule has 1 unspecified atom stereocenters. The molecule has 4 rings (SSSR count). The molecular formula is C35H39N3O5S. The molecule has 0 saturated carbocycles. The summed E-state index contributed by atoms with van der Waals surface area (Å²) in [5.74, 6) is -0.306. The van der Waals surface area contributed by atoms with E-state index in [2.05, 4.69) is 5.32 Å². The summed E-state index contributed by atoms with van der Waals surface area (Å²) in [6.07, 6.45) is 0.258. The number of hydrogen-bond acceptors (Lipinski definition) is 5. The zero-order valence-corrected chi connectivity index (χ0v) is 26.3. The summed E-state index contributed by atoms with van der Waals surface area (Å²) in [5.41, 5.74) is 3.03. The lowest BCUT2D eigenvalue weighted by molar-refractivity contribution is -0.140. The Hall–Kier alpha value is -4.63. The van der Waals surface area contributed by atoms with Crippen molar-refractivity contribution in [2.75, 3.05) is 18.0 Å². The number of rotatable bonds is 13. The van der Waals surface area contributed by atoms with Gasteiger partial charge in [-0.15, -0.1) is 0 Å². The molecule has 4 aromatic carbocycles. The Morgan fingerprint density at radius 1 is 0.818 bits per heavy atom. The number of carbonyl (C=O) groups excluding carboxylic acids is 2. The number of benzene rings is 4. The predicted octanol–water partition coefficient (Wildman–Crippen LogP) is 5.36. The highest BCUT2D eigenvalue weighted by Gasteiger charge is 2.35. The fourth-order valence-corrected chi connectivity index (χ4v) is 6.32. The summed E-state index contributed by atoms with van der Waals surface area (Å²) < 4.78 is 34.5. The second-order valence-electron chi connectivity index (χ2n) is 10.8. The lowest BCUT2D eigenvalue weighted by Crippen LogP contribution is -2.54. The number of hydrogen-bond donors (Lipinski definition) is 1. The van der Waals surface area contributed by atoms with Gasteiger partial charge in [-0.2, -0.15) is 0 Å². The Morgan fingerprint density at radius 3 is 2.00 bits per heavy atom. The molecule has 4 aromatic rings. The molecule has 0 aliphatic heterocycles. The zero-order chi connectivity index (χ0) is 31.7. The number of sulfonamides is 1. The Labute approximate surface area is 260 Å². The SMILES string of the molecule is COc1ccc(S(=O)(=O)N(CC(=O)N(Cc2ccccc2C)C(Cc2ccccc2)C(=O)NC(C)C)c2ccccc2)cc1. The number of para-hydroxylation sites is 1. The summed E-state index contributed by atoms with van der Waals surface area (Å²) in [6, 6.07) is 30.6. The van der Waals surface area contributed by atoms with Crippen LogP contribution in [0.3, 0.4) is 0 Å². The van der Waals surface area contributed by atoms with E-state index in [0.29, 0.717) is 11.4 Å². The normalized spacial score (nSPS) is 11.9. The minimum atomic E-state index is -4.18. The lowest BCUT2D eigenvalue weighted by Gasteiger charge is -2.34. The average Bonchev–Trinajstić information content (AvgIpc) is 3.02. The van der Waals surface area contributed by atoms with Gasteiger partial charge in [-0.25, -0.2) is 8.42 Å². The van der Waals surface area contributed by atoms with Crippen molar-refractivity contribution in [1.29, 1.82) is 0 Å². The standard InChI is InChI=1S/C35H39N3O5S/c1-26(2)36-35(40)33(23-28-14-7-5-8-15-28)37(24-29-16-12-11-13-27(29)3)34(39)25-38(30-17-9-6-10-18-30)44(41,42)32-21-19-31(43-4)20-22-32/h5-22,26,33H,23-25H2,1-4H3,(H,36,40). The topological polar surface area (TPSA) is 96.0 Å². The van der Waals surface area contributed by atoms with Crippen molar-refractivity contribution in [2.24, 2.45) is 0 Å². The first kappa shape index (κ1) is 32.3. The third-order valence-electron chi connectivity index (χ3n) is 7.27. The van der Waals surface area contributed by atoms with Gasteiger partial charge in [0.1, 0.15) is 18.3 Å². The number of ether oxygens (including phenoxy) is 1. The Morgan fingerprint density at radius 2 is 1.41 bits per heavy atom. The molecule has 0 saturated heterocycles. The molecule has 230 valence electrons. The summed E-state index contributed by atoms with van der Waals surface area (Å²) in [7, 11) is -2.68. The second kappa shape index (κ2) is 14.7.